The van der Waals surface area contributed by atoms with Crippen LogP contribution in [0.1, 0.15) is 41.6 Å². The molecule has 2 saturated heterocycles. The van der Waals surface area contributed by atoms with Gasteiger partial charge < -0.3 is 18.9 Å². The van der Waals surface area contributed by atoms with E-state index in [0.717, 1.165) is 25.0 Å². The second-order valence-corrected chi connectivity index (χ2v) is 7.38. The molecule has 0 radical (unpaired) electrons. The molecule has 1 spiro atoms. The Balaban J connectivity index is 1.40. The highest BCUT2D eigenvalue weighted by Crippen LogP contribution is 2.41. The van der Waals surface area contributed by atoms with Crippen LogP contribution in [0.3, 0.4) is 0 Å². The van der Waals surface area contributed by atoms with Crippen molar-refractivity contribution in [1.29, 1.82) is 0 Å². The number of carbonyl (C=O) groups is 1. The molecular formula is C20H25N3O4. The van der Waals surface area contributed by atoms with Gasteiger partial charge in [-0.05, 0) is 31.9 Å². The monoisotopic (exact) mass is 371 g/mol. The summed E-state index contributed by atoms with van der Waals surface area (Å²) >= 11 is 0. The first-order chi connectivity index (χ1) is 13.1. The number of aromatic nitrogens is 2. The van der Waals surface area contributed by atoms with Crippen molar-refractivity contribution in [3.63, 3.8) is 0 Å². The maximum absolute atomic E-state index is 13.0. The topological polar surface area (TPSA) is 77.7 Å². The second kappa shape index (κ2) is 7.31. The van der Waals surface area contributed by atoms with E-state index in [0.29, 0.717) is 43.3 Å². The Hall–Kier alpha value is -2.41. The molecule has 7 heteroatoms. The van der Waals surface area contributed by atoms with Crippen molar-refractivity contribution in [1.82, 2.24) is 15.0 Å². The molecule has 2 aliphatic rings. The zero-order valence-electron chi connectivity index (χ0n) is 15.8. The highest BCUT2D eigenvalue weighted by Gasteiger charge is 2.55. The normalized spacial score (nSPS) is 20.7. The van der Waals surface area contributed by atoms with Gasteiger partial charge in [-0.1, -0.05) is 12.1 Å². The van der Waals surface area contributed by atoms with Crippen molar-refractivity contribution in [2.24, 2.45) is 5.92 Å². The Morgan fingerprint density at radius 3 is 3.04 bits per heavy atom. The third kappa shape index (κ3) is 3.32. The van der Waals surface area contributed by atoms with Gasteiger partial charge in [0.2, 0.25) is 0 Å². The fraction of sp³-hybridized carbons (Fsp3) is 0.550. The third-order valence-corrected chi connectivity index (χ3v) is 5.51. The summed E-state index contributed by atoms with van der Waals surface area (Å²) in [6.07, 6.45) is 6.01. The summed E-state index contributed by atoms with van der Waals surface area (Å²) in [7, 11) is 0. The first-order valence-electron chi connectivity index (χ1n) is 9.54. The molecule has 0 N–H and O–H groups in total. The summed E-state index contributed by atoms with van der Waals surface area (Å²) in [5, 5.41) is 3.98. The molecule has 2 aliphatic heterocycles. The number of aryl methyl sites for hydroxylation is 2. The number of amides is 1. The molecule has 0 aromatic carbocycles. The summed E-state index contributed by atoms with van der Waals surface area (Å²) in [6.45, 7) is 6.33. The summed E-state index contributed by atoms with van der Waals surface area (Å²) in [5.41, 5.74) is 0.981. The average Bonchev–Trinajstić information content (AvgIpc) is 3.23. The van der Waals surface area contributed by atoms with Gasteiger partial charge in [0.1, 0.15) is 22.7 Å². The first-order valence-corrected chi connectivity index (χ1v) is 9.54. The van der Waals surface area contributed by atoms with Gasteiger partial charge in [-0.3, -0.25) is 9.78 Å². The van der Waals surface area contributed by atoms with Crippen LogP contribution < -0.4 is 4.74 Å². The number of ether oxygens (including phenoxy) is 2. The highest BCUT2D eigenvalue weighted by molar-refractivity contribution is 5.96. The lowest BCUT2D eigenvalue weighted by atomic mass is 9.81. The number of rotatable bonds is 6. The van der Waals surface area contributed by atoms with E-state index >= 15 is 0 Å². The van der Waals surface area contributed by atoms with Crippen molar-refractivity contribution >= 4 is 5.91 Å². The molecule has 2 aromatic heterocycles. The third-order valence-electron chi connectivity index (χ3n) is 5.51. The van der Waals surface area contributed by atoms with Crippen LogP contribution in [0, 0.1) is 12.8 Å². The van der Waals surface area contributed by atoms with E-state index in [1.807, 2.05) is 24.0 Å². The van der Waals surface area contributed by atoms with Gasteiger partial charge in [0.15, 0.2) is 0 Å². The van der Waals surface area contributed by atoms with Gasteiger partial charge in [0, 0.05) is 25.1 Å². The molecule has 1 atom stereocenters. The van der Waals surface area contributed by atoms with Crippen LogP contribution in [0.4, 0.5) is 0 Å². The molecule has 0 saturated carbocycles. The molecule has 7 nitrogen and oxygen atoms in total. The standard InChI is InChI=1S/C20H25N3O4/c1-3-5-17-18(14(2)22-27-17)19(24)23-12-20(13-23)15(7-9-26-20)11-25-16-6-4-8-21-10-16/h4,6,8,10,15H,3,5,7,9,11-13H2,1-2H3/t15-/m0/s1. The van der Waals surface area contributed by atoms with Gasteiger partial charge in [-0.25, -0.2) is 0 Å². The van der Waals surface area contributed by atoms with E-state index in [1.165, 1.54) is 0 Å². The number of likely N-dealkylation sites (tertiary alicyclic amines) is 1. The Kier molecular flexibility index (Phi) is 4.86. The Bertz CT molecular complexity index is 799. The lowest BCUT2D eigenvalue weighted by molar-refractivity contribution is -0.122. The molecule has 4 heterocycles. The SMILES string of the molecule is CCCc1onc(C)c1C(=O)N1CC2(C1)OCC[C@H]2COc1cccnc1. The minimum Gasteiger partial charge on any atom is -0.492 e. The number of hydrogen-bond acceptors (Lipinski definition) is 6. The van der Waals surface area contributed by atoms with Gasteiger partial charge in [0.25, 0.3) is 5.91 Å². The average molecular weight is 371 g/mol. The molecule has 2 aromatic rings. The summed E-state index contributed by atoms with van der Waals surface area (Å²) in [6, 6.07) is 3.76. The van der Waals surface area contributed by atoms with Crippen LogP contribution in [-0.2, 0) is 11.2 Å². The molecule has 4 rings (SSSR count). The van der Waals surface area contributed by atoms with Gasteiger partial charge in [-0.15, -0.1) is 0 Å². The zero-order chi connectivity index (χ0) is 18.9. The molecule has 0 aliphatic carbocycles. The molecule has 2 fully saturated rings. The lowest BCUT2D eigenvalue weighted by Gasteiger charge is -2.50. The number of carbonyl (C=O) groups excluding carboxylic acids is 1. The Morgan fingerprint density at radius 2 is 2.30 bits per heavy atom. The summed E-state index contributed by atoms with van der Waals surface area (Å²) in [5.74, 6) is 1.70. The number of nitrogens with zero attached hydrogens (tertiary/aromatic N) is 3. The molecule has 144 valence electrons. The molecule has 1 amide bonds. The fourth-order valence-electron chi connectivity index (χ4n) is 3.99. The first kappa shape index (κ1) is 18.0. The lowest BCUT2D eigenvalue weighted by Crippen LogP contribution is -2.66. The van der Waals surface area contributed by atoms with Crippen LogP contribution in [0.5, 0.6) is 5.75 Å². The van der Waals surface area contributed by atoms with Crippen LogP contribution in [0.2, 0.25) is 0 Å². The highest BCUT2D eigenvalue weighted by atomic mass is 16.5. The quantitative estimate of drug-likeness (QED) is 0.777. The van der Waals surface area contributed by atoms with E-state index < -0.39 is 0 Å². The van der Waals surface area contributed by atoms with Gasteiger partial charge in [-0.2, -0.15) is 0 Å². The van der Waals surface area contributed by atoms with E-state index in [9.17, 15) is 4.79 Å². The minimum atomic E-state index is -0.298. The van der Waals surface area contributed by atoms with E-state index in [1.54, 1.807) is 12.4 Å². The zero-order valence-corrected chi connectivity index (χ0v) is 15.8. The van der Waals surface area contributed by atoms with Crippen molar-refractivity contribution in [2.75, 3.05) is 26.3 Å². The summed E-state index contributed by atoms with van der Waals surface area (Å²) in [4.78, 5) is 18.9. The summed E-state index contributed by atoms with van der Waals surface area (Å²) < 4.78 is 17.3. The van der Waals surface area contributed by atoms with Crippen LogP contribution >= 0.6 is 0 Å². The van der Waals surface area contributed by atoms with Crippen LogP contribution in [0.15, 0.2) is 29.0 Å². The van der Waals surface area contributed by atoms with Gasteiger partial charge in [0.05, 0.1) is 31.6 Å². The van der Waals surface area contributed by atoms with E-state index in [2.05, 4.69) is 17.1 Å². The fourth-order valence-corrected chi connectivity index (χ4v) is 3.99. The van der Waals surface area contributed by atoms with E-state index in [-0.39, 0.29) is 17.4 Å². The predicted molar refractivity (Wildman–Crippen MR) is 97.7 cm³/mol. The maximum atomic E-state index is 13.0. The number of hydrogen-bond donors (Lipinski definition) is 0. The van der Waals surface area contributed by atoms with Gasteiger partial charge >= 0.3 is 0 Å². The molecule has 0 unspecified atom stereocenters. The van der Waals surface area contributed by atoms with E-state index in [4.69, 9.17) is 14.0 Å². The minimum absolute atomic E-state index is 0.00903. The molecular weight excluding hydrogens is 346 g/mol. The molecule has 0 bridgehead atoms. The maximum Gasteiger partial charge on any atom is 0.259 e. The largest absolute Gasteiger partial charge is 0.492 e. The Labute approximate surface area is 158 Å². The van der Waals surface area contributed by atoms with Crippen molar-refractivity contribution < 1.29 is 18.8 Å². The molecule has 27 heavy (non-hydrogen) atoms. The van der Waals surface area contributed by atoms with Crippen molar-refractivity contribution in [3.8, 4) is 5.75 Å². The van der Waals surface area contributed by atoms with Crippen LogP contribution in [0.25, 0.3) is 0 Å². The Morgan fingerprint density at radius 1 is 1.44 bits per heavy atom. The van der Waals surface area contributed by atoms with Crippen LogP contribution in [-0.4, -0.2) is 52.9 Å². The van der Waals surface area contributed by atoms with Crippen molar-refractivity contribution in [3.05, 3.63) is 41.5 Å². The van der Waals surface area contributed by atoms with Crippen molar-refractivity contribution in [2.45, 2.75) is 38.7 Å². The smallest absolute Gasteiger partial charge is 0.259 e. The number of pyridine rings is 1. The predicted octanol–water partition coefficient (Wildman–Crippen LogP) is 2.64. The second-order valence-electron chi connectivity index (χ2n) is 7.38.